The van der Waals surface area contributed by atoms with E-state index in [0.29, 0.717) is 24.7 Å². The average molecular weight is 428 g/mol. The Kier molecular flexibility index (Phi) is 6.27. The summed E-state index contributed by atoms with van der Waals surface area (Å²) in [4.78, 5) is 21.3. The van der Waals surface area contributed by atoms with Crippen LogP contribution in [0.15, 0.2) is 54.7 Å². The largest absolute Gasteiger partial charge is 0.468 e. The summed E-state index contributed by atoms with van der Waals surface area (Å²) in [6.45, 7) is 3.52. The Morgan fingerprint density at radius 1 is 1.17 bits per heavy atom. The van der Waals surface area contributed by atoms with E-state index in [0.717, 1.165) is 35.1 Å². The molecule has 1 saturated heterocycles. The van der Waals surface area contributed by atoms with Gasteiger partial charge < -0.3 is 4.74 Å². The Balaban J connectivity index is 1.48. The van der Waals surface area contributed by atoms with Crippen LogP contribution in [0.4, 0.5) is 4.39 Å². The maximum absolute atomic E-state index is 14.0. The minimum atomic E-state index is -0.467. The van der Waals surface area contributed by atoms with E-state index in [2.05, 4.69) is 14.8 Å². The first-order chi connectivity index (χ1) is 14.5. The van der Waals surface area contributed by atoms with Crippen LogP contribution in [-0.2, 0) is 16.1 Å². The van der Waals surface area contributed by atoms with E-state index in [1.165, 1.54) is 13.2 Å². The number of halogens is 2. The quantitative estimate of drug-likeness (QED) is 0.574. The van der Waals surface area contributed by atoms with Crippen LogP contribution in [-0.4, -0.2) is 54.0 Å². The second-order valence-corrected chi connectivity index (χ2v) is 7.87. The lowest BCUT2D eigenvalue weighted by Gasteiger charge is -2.38. The highest BCUT2D eigenvalue weighted by Gasteiger charge is 2.31. The molecule has 0 spiro atoms. The average Bonchev–Trinajstić information content (AvgIpc) is 2.76. The lowest BCUT2D eigenvalue weighted by Crippen LogP contribution is -2.49. The van der Waals surface area contributed by atoms with Gasteiger partial charge in [-0.25, -0.2) is 9.18 Å². The van der Waals surface area contributed by atoms with Gasteiger partial charge in [0.05, 0.1) is 12.6 Å². The Morgan fingerprint density at radius 2 is 1.90 bits per heavy atom. The lowest BCUT2D eigenvalue weighted by molar-refractivity contribution is -0.148. The fraction of sp³-hybridized carbons (Fsp3) is 0.304. The molecule has 0 aliphatic carbocycles. The number of pyridine rings is 1. The molecule has 4 rings (SSSR count). The highest BCUT2D eigenvalue weighted by atomic mass is 35.5. The second-order valence-electron chi connectivity index (χ2n) is 7.43. The molecular formula is C23H23ClFN3O2. The standard InChI is InChI=1S/C23H23ClFN3O2/c1-30-23(29)22(16-4-6-19(24)7-5-16)28-11-9-27(10-12-28)15-18-14-20(25)13-17-3-2-8-26-21(17)18/h2-8,13-14,22H,9-12,15H2,1H3. The number of piperazine rings is 1. The van der Waals surface area contributed by atoms with Crippen molar-refractivity contribution < 1.29 is 13.9 Å². The summed E-state index contributed by atoms with van der Waals surface area (Å²) in [6.07, 6.45) is 1.73. The van der Waals surface area contributed by atoms with Crippen LogP contribution in [0.2, 0.25) is 5.02 Å². The summed E-state index contributed by atoms with van der Waals surface area (Å²) in [5, 5.41) is 1.43. The number of methoxy groups -OCH3 is 1. The van der Waals surface area contributed by atoms with Crippen molar-refractivity contribution >= 4 is 28.5 Å². The van der Waals surface area contributed by atoms with Crippen LogP contribution in [0.5, 0.6) is 0 Å². The van der Waals surface area contributed by atoms with Gasteiger partial charge in [-0.1, -0.05) is 29.8 Å². The van der Waals surface area contributed by atoms with Crippen molar-refractivity contribution in [2.45, 2.75) is 12.6 Å². The molecule has 7 heteroatoms. The van der Waals surface area contributed by atoms with Gasteiger partial charge >= 0.3 is 5.97 Å². The zero-order valence-corrected chi connectivity index (χ0v) is 17.5. The van der Waals surface area contributed by atoms with Crippen LogP contribution >= 0.6 is 11.6 Å². The van der Waals surface area contributed by atoms with E-state index in [1.54, 1.807) is 24.4 Å². The number of carbonyl (C=O) groups is 1. The smallest absolute Gasteiger partial charge is 0.327 e. The molecule has 0 N–H and O–H groups in total. The number of hydrogen-bond acceptors (Lipinski definition) is 5. The second kappa shape index (κ2) is 9.08. The number of esters is 1. The summed E-state index contributed by atoms with van der Waals surface area (Å²) in [5.74, 6) is -0.538. The molecule has 0 bridgehead atoms. The van der Waals surface area contributed by atoms with Crippen LogP contribution in [0.1, 0.15) is 17.2 Å². The molecule has 1 atom stereocenters. The first kappa shape index (κ1) is 20.7. The predicted molar refractivity (Wildman–Crippen MR) is 115 cm³/mol. The van der Waals surface area contributed by atoms with Crippen molar-refractivity contribution in [3.8, 4) is 0 Å². The van der Waals surface area contributed by atoms with Gasteiger partial charge in [0.1, 0.15) is 11.9 Å². The molecule has 1 aliphatic rings. The van der Waals surface area contributed by atoms with Gasteiger partial charge in [-0.3, -0.25) is 14.8 Å². The molecule has 30 heavy (non-hydrogen) atoms. The van der Waals surface area contributed by atoms with Crippen LogP contribution in [0.25, 0.3) is 10.9 Å². The number of ether oxygens (including phenoxy) is 1. The minimum absolute atomic E-state index is 0.252. The number of aromatic nitrogens is 1. The third kappa shape index (κ3) is 4.46. The topological polar surface area (TPSA) is 45.7 Å². The maximum atomic E-state index is 14.0. The molecule has 1 fully saturated rings. The Bertz CT molecular complexity index is 1040. The number of benzene rings is 2. The highest BCUT2D eigenvalue weighted by molar-refractivity contribution is 6.30. The minimum Gasteiger partial charge on any atom is -0.468 e. The van der Waals surface area contributed by atoms with Crippen LogP contribution in [0, 0.1) is 5.82 Å². The van der Waals surface area contributed by atoms with E-state index in [4.69, 9.17) is 16.3 Å². The summed E-state index contributed by atoms with van der Waals surface area (Å²) in [5.41, 5.74) is 2.57. The van der Waals surface area contributed by atoms with Crippen molar-refractivity contribution in [1.82, 2.24) is 14.8 Å². The molecule has 1 unspecified atom stereocenters. The van der Waals surface area contributed by atoms with Crippen molar-refractivity contribution in [3.05, 3.63) is 76.7 Å². The summed E-state index contributed by atoms with van der Waals surface area (Å²) < 4.78 is 19.1. The van der Waals surface area contributed by atoms with E-state index < -0.39 is 6.04 Å². The first-order valence-electron chi connectivity index (χ1n) is 9.88. The lowest BCUT2D eigenvalue weighted by atomic mass is 10.0. The van der Waals surface area contributed by atoms with Gasteiger partial charge in [-0.2, -0.15) is 0 Å². The molecule has 0 radical (unpaired) electrons. The molecule has 156 valence electrons. The molecule has 1 aromatic heterocycles. The van der Waals surface area contributed by atoms with Gasteiger partial charge in [-0.05, 0) is 41.5 Å². The van der Waals surface area contributed by atoms with Crippen LogP contribution < -0.4 is 0 Å². The van der Waals surface area contributed by atoms with E-state index in [9.17, 15) is 9.18 Å². The SMILES string of the molecule is COC(=O)C(c1ccc(Cl)cc1)N1CCN(Cc2cc(F)cc3cccnc23)CC1. The Hall–Kier alpha value is -2.54. The number of rotatable bonds is 5. The van der Waals surface area contributed by atoms with E-state index >= 15 is 0 Å². The molecule has 2 aromatic carbocycles. The number of hydrogen-bond donors (Lipinski definition) is 0. The zero-order chi connectivity index (χ0) is 21.1. The highest BCUT2D eigenvalue weighted by Crippen LogP contribution is 2.26. The molecule has 3 aromatic rings. The maximum Gasteiger partial charge on any atom is 0.327 e. The summed E-state index contributed by atoms with van der Waals surface area (Å²) in [7, 11) is 1.41. The van der Waals surface area contributed by atoms with Gasteiger partial charge in [0.25, 0.3) is 0 Å². The number of fused-ring (bicyclic) bond motifs is 1. The first-order valence-corrected chi connectivity index (χ1v) is 10.3. The number of nitrogens with zero attached hydrogens (tertiary/aromatic N) is 3. The third-order valence-electron chi connectivity index (χ3n) is 5.52. The Labute approximate surface area is 180 Å². The summed E-state index contributed by atoms with van der Waals surface area (Å²) >= 11 is 6.00. The normalized spacial score (nSPS) is 16.5. The van der Waals surface area contributed by atoms with Crippen molar-refractivity contribution in [2.75, 3.05) is 33.3 Å². The fourth-order valence-corrected chi connectivity index (χ4v) is 4.15. The van der Waals surface area contributed by atoms with Crippen molar-refractivity contribution in [2.24, 2.45) is 0 Å². The molecule has 0 saturated carbocycles. The van der Waals surface area contributed by atoms with Gasteiger partial charge in [-0.15, -0.1) is 0 Å². The monoisotopic (exact) mass is 427 g/mol. The molecule has 1 aliphatic heterocycles. The fourth-order valence-electron chi connectivity index (χ4n) is 4.02. The molecular weight excluding hydrogens is 405 g/mol. The van der Waals surface area contributed by atoms with Gasteiger partial charge in [0, 0.05) is 49.3 Å². The van der Waals surface area contributed by atoms with Gasteiger partial charge in [0.2, 0.25) is 0 Å². The molecule has 2 heterocycles. The third-order valence-corrected chi connectivity index (χ3v) is 5.78. The molecule has 5 nitrogen and oxygen atoms in total. The van der Waals surface area contributed by atoms with Gasteiger partial charge in [0.15, 0.2) is 0 Å². The van der Waals surface area contributed by atoms with Crippen molar-refractivity contribution in [3.63, 3.8) is 0 Å². The van der Waals surface area contributed by atoms with Crippen LogP contribution in [0.3, 0.4) is 0 Å². The number of carbonyl (C=O) groups excluding carboxylic acids is 1. The molecule has 0 amide bonds. The van der Waals surface area contributed by atoms with E-state index in [1.807, 2.05) is 24.3 Å². The zero-order valence-electron chi connectivity index (χ0n) is 16.7. The Morgan fingerprint density at radius 3 is 2.60 bits per heavy atom. The van der Waals surface area contributed by atoms with E-state index in [-0.39, 0.29) is 11.8 Å². The predicted octanol–water partition coefficient (Wildman–Crippen LogP) is 4.06. The van der Waals surface area contributed by atoms with Crippen molar-refractivity contribution in [1.29, 1.82) is 0 Å². The summed E-state index contributed by atoms with van der Waals surface area (Å²) in [6, 6.07) is 13.6.